The van der Waals surface area contributed by atoms with Crippen molar-refractivity contribution in [3.8, 4) is 17.3 Å². The number of anilines is 1. The first-order valence-electron chi connectivity index (χ1n) is 9.78. The number of pyridine rings is 2. The molecule has 0 atom stereocenters. The lowest BCUT2D eigenvalue weighted by Gasteiger charge is -2.32. The minimum absolute atomic E-state index is 0.242. The fourth-order valence-electron chi connectivity index (χ4n) is 3.28. The Hall–Kier alpha value is -2.96. The Balaban J connectivity index is 1.35. The predicted octanol–water partition coefficient (Wildman–Crippen LogP) is 3.95. The van der Waals surface area contributed by atoms with E-state index < -0.39 is 0 Å². The standard InChI is InChI=1S/C21H25N5O2/c1-15(2)20-24-21(28-25-20)17-6-10-22-18(13-17)26-11-7-16(8-12-26)14-27-19-5-3-4-9-23-19/h3-6,9-10,13,15-16H,7-8,11-12,14H2,1-2H3. The van der Waals surface area contributed by atoms with Crippen LogP contribution < -0.4 is 9.64 Å². The monoisotopic (exact) mass is 379 g/mol. The summed E-state index contributed by atoms with van der Waals surface area (Å²) in [6.45, 7) is 6.71. The molecule has 3 aromatic heterocycles. The van der Waals surface area contributed by atoms with Crippen LogP contribution in [-0.2, 0) is 0 Å². The minimum Gasteiger partial charge on any atom is -0.477 e. The van der Waals surface area contributed by atoms with Gasteiger partial charge in [0, 0.05) is 43.0 Å². The van der Waals surface area contributed by atoms with E-state index in [9.17, 15) is 0 Å². The number of hydrogen-bond acceptors (Lipinski definition) is 7. The van der Waals surface area contributed by atoms with E-state index >= 15 is 0 Å². The third-order valence-corrected chi connectivity index (χ3v) is 4.99. The smallest absolute Gasteiger partial charge is 0.258 e. The molecular formula is C21H25N5O2. The van der Waals surface area contributed by atoms with Crippen molar-refractivity contribution in [1.29, 1.82) is 0 Å². The molecule has 0 aliphatic carbocycles. The SMILES string of the molecule is CC(C)c1noc(-c2ccnc(N3CCC(COc4ccccn4)CC3)c2)n1. The summed E-state index contributed by atoms with van der Waals surface area (Å²) in [6.07, 6.45) is 5.69. The van der Waals surface area contributed by atoms with Gasteiger partial charge in [-0.1, -0.05) is 25.1 Å². The molecule has 28 heavy (non-hydrogen) atoms. The van der Waals surface area contributed by atoms with E-state index in [1.807, 2.05) is 44.2 Å². The van der Waals surface area contributed by atoms with Gasteiger partial charge in [0.05, 0.1) is 6.61 Å². The predicted molar refractivity (Wildman–Crippen MR) is 106 cm³/mol. The van der Waals surface area contributed by atoms with Crippen molar-refractivity contribution in [3.63, 3.8) is 0 Å². The zero-order valence-electron chi connectivity index (χ0n) is 16.3. The highest BCUT2D eigenvalue weighted by atomic mass is 16.5. The topological polar surface area (TPSA) is 77.2 Å². The Morgan fingerprint density at radius 2 is 2.00 bits per heavy atom. The summed E-state index contributed by atoms with van der Waals surface area (Å²) in [5.74, 6) is 3.69. The molecule has 7 nitrogen and oxygen atoms in total. The summed E-state index contributed by atoms with van der Waals surface area (Å²) >= 11 is 0. The zero-order valence-corrected chi connectivity index (χ0v) is 16.3. The summed E-state index contributed by atoms with van der Waals surface area (Å²) in [6, 6.07) is 9.67. The van der Waals surface area contributed by atoms with Crippen LogP contribution in [0.15, 0.2) is 47.2 Å². The lowest BCUT2D eigenvalue weighted by molar-refractivity contribution is 0.216. The lowest BCUT2D eigenvalue weighted by Crippen LogP contribution is -2.36. The molecule has 0 spiro atoms. The highest BCUT2D eigenvalue weighted by Gasteiger charge is 2.22. The number of aromatic nitrogens is 4. The molecule has 1 fully saturated rings. The Morgan fingerprint density at radius 3 is 2.71 bits per heavy atom. The van der Waals surface area contributed by atoms with Crippen molar-refractivity contribution < 1.29 is 9.26 Å². The fraction of sp³-hybridized carbons (Fsp3) is 0.429. The first kappa shape index (κ1) is 18.4. The van der Waals surface area contributed by atoms with Gasteiger partial charge in [-0.2, -0.15) is 4.98 Å². The van der Waals surface area contributed by atoms with Crippen molar-refractivity contribution in [2.75, 3.05) is 24.6 Å². The molecule has 1 saturated heterocycles. The molecule has 0 bridgehead atoms. The van der Waals surface area contributed by atoms with E-state index in [1.165, 1.54) is 0 Å². The van der Waals surface area contributed by atoms with E-state index in [2.05, 4.69) is 25.0 Å². The maximum absolute atomic E-state index is 5.81. The van der Waals surface area contributed by atoms with Crippen LogP contribution in [0.25, 0.3) is 11.5 Å². The summed E-state index contributed by atoms with van der Waals surface area (Å²) in [5, 5.41) is 4.05. The Bertz CT molecular complexity index is 889. The van der Waals surface area contributed by atoms with E-state index in [1.54, 1.807) is 12.4 Å². The van der Waals surface area contributed by atoms with Crippen LogP contribution >= 0.6 is 0 Å². The molecule has 0 aromatic carbocycles. The number of hydrogen-bond donors (Lipinski definition) is 0. The van der Waals surface area contributed by atoms with Crippen molar-refractivity contribution >= 4 is 5.82 Å². The average molecular weight is 379 g/mol. The third kappa shape index (κ3) is 4.30. The largest absolute Gasteiger partial charge is 0.477 e. The van der Waals surface area contributed by atoms with Crippen molar-refractivity contribution in [2.24, 2.45) is 5.92 Å². The van der Waals surface area contributed by atoms with Gasteiger partial charge >= 0.3 is 0 Å². The maximum Gasteiger partial charge on any atom is 0.258 e. The first-order chi connectivity index (χ1) is 13.7. The van der Waals surface area contributed by atoms with E-state index in [0.29, 0.717) is 24.3 Å². The third-order valence-electron chi connectivity index (χ3n) is 4.99. The van der Waals surface area contributed by atoms with Gasteiger partial charge in [0.25, 0.3) is 5.89 Å². The molecule has 4 rings (SSSR count). The molecular weight excluding hydrogens is 354 g/mol. The van der Waals surface area contributed by atoms with Crippen molar-refractivity contribution in [3.05, 3.63) is 48.5 Å². The van der Waals surface area contributed by atoms with Gasteiger partial charge in [0.2, 0.25) is 5.88 Å². The molecule has 0 amide bonds. The number of rotatable bonds is 6. The second kappa shape index (κ2) is 8.37. The van der Waals surface area contributed by atoms with Crippen LogP contribution in [-0.4, -0.2) is 39.8 Å². The summed E-state index contributed by atoms with van der Waals surface area (Å²) in [5.41, 5.74) is 0.907. The molecule has 7 heteroatoms. The van der Waals surface area contributed by atoms with Crippen LogP contribution in [0.2, 0.25) is 0 Å². The van der Waals surface area contributed by atoms with Gasteiger partial charge in [-0.05, 0) is 37.0 Å². The number of nitrogens with zero attached hydrogens (tertiary/aromatic N) is 5. The van der Waals surface area contributed by atoms with Gasteiger partial charge in [-0.15, -0.1) is 0 Å². The molecule has 3 aromatic rings. The van der Waals surface area contributed by atoms with Crippen LogP contribution in [0, 0.1) is 5.92 Å². The van der Waals surface area contributed by atoms with Crippen LogP contribution in [0.5, 0.6) is 5.88 Å². The highest BCUT2D eigenvalue weighted by molar-refractivity contribution is 5.58. The summed E-state index contributed by atoms with van der Waals surface area (Å²) < 4.78 is 11.2. The Morgan fingerprint density at radius 1 is 1.14 bits per heavy atom. The van der Waals surface area contributed by atoms with E-state index in [4.69, 9.17) is 9.26 Å². The summed E-state index contributed by atoms with van der Waals surface area (Å²) in [4.78, 5) is 15.5. The first-order valence-corrected chi connectivity index (χ1v) is 9.78. The van der Waals surface area contributed by atoms with Crippen molar-refractivity contribution in [2.45, 2.75) is 32.6 Å². The fourth-order valence-corrected chi connectivity index (χ4v) is 3.28. The highest BCUT2D eigenvalue weighted by Crippen LogP contribution is 2.26. The Labute approximate surface area is 164 Å². The molecule has 1 aliphatic heterocycles. The van der Waals surface area contributed by atoms with Gasteiger partial charge in [-0.3, -0.25) is 0 Å². The molecule has 0 unspecified atom stereocenters. The zero-order chi connectivity index (χ0) is 19.3. The Kier molecular flexibility index (Phi) is 5.50. The lowest BCUT2D eigenvalue weighted by atomic mass is 9.98. The average Bonchev–Trinajstić information content (AvgIpc) is 3.24. The second-order valence-corrected chi connectivity index (χ2v) is 7.42. The normalized spacial score (nSPS) is 15.2. The van der Waals surface area contributed by atoms with Gasteiger partial charge in [0.15, 0.2) is 5.82 Å². The molecule has 0 radical (unpaired) electrons. The van der Waals surface area contributed by atoms with Gasteiger partial charge in [-0.25, -0.2) is 9.97 Å². The van der Waals surface area contributed by atoms with Gasteiger partial charge in [0.1, 0.15) is 5.82 Å². The molecule has 0 saturated carbocycles. The van der Waals surface area contributed by atoms with E-state index in [-0.39, 0.29) is 5.92 Å². The second-order valence-electron chi connectivity index (χ2n) is 7.42. The van der Waals surface area contributed by atoms with Crippen LogP contribution in [0.3, 0.4) is 0 Å². The number of piperidine rings is 1. The van der Waals surface area contributed by atoms with Gasteiger partial charge < -0.3 is 14.2 Å². The van der Waals surface area contributed by atoms with Crippen LogP contribution in [0.4, 0.5) is 5.82 Å². The minimum atomic E-state index is 0.242. The summed E-state index contributed by atoms with van der Waals surface area (Å²) in [7, 11) is 0. The quantitative estimate of drug-likeness (QED) is 0.642. The van der Waals surface area contributed by atoms with Crippen molar-refractivity contribution in [1.82, 2.24) is 20.1 Å². The maximum atomic E-state index is 5.81. The molecule has 1 aliphatic rings. The molecule has 0 N–H and O–H groups in total. The number of ether oxygens (including phenoxy) is 1. The molecule has 146 valence electrons. The van der Waals surface area contributed by atoms with E-state index in [0.717, 1.165) is 43.1 Å². The molecule has 4 heterocycles. The van der Waals surface area contributed by atoms with Crippen LogP contribution in [0.1, 0.15) is 38.4 Å².